The number of fused-ring (bicyclic) bond motifs is 1. The van der Waals surface area contributed by atoms with Crippen molar-refractivity contribution in [2.75, 3.05) is 17.8 Å². The zero-order chi connectivity index (χ0) is 25.7. The standard InChI is InChI=1S/C25H22F2N6O3S/c26-17-8-19(22(27)21(9-17)32-37(35,36)33-5-1-2-6-33)23(34)20-13-31-25-18(20)7-15(10-30-25)16-11-28-24(29-12-16)14-3-4-14/h7-14,32H,1-6H2,(H,30,31). The molecule has 2 N–H and O–H groups in total. The molecule has 2 fully saturated rings. The Morgan fingerprint density at radius 2 is 1.68 bits per heavy atom. The Hall–Kier alpha value is -3.77. The van der Waals surface area contributed by atoms with Crippen LogP contribution in [0.5, 0.6) is 0 Å². The number of nitrogens with one attached hydrogen (secondary N) is 2. The molecule has 12 heteroatoms. The number of halogens is 2. The van der Waals surface area contributed by atoms with Crippen LogP contribution < -0.4 is 4.72 Å². The summed E-state index contributed by atoms with van der Waals surface area (Å²) in [5, 5.41) is 0.400. The normalized spacial score (nSPS) is 16.4. The minimum Gasteiger partial charge on any atom is -0.345 e. The molecule has 1 saturated heterocycles. The lowest BCUT2D eigenvalue weighted by Crippen LogP contribution is -2.33. The first-order valence-corrected chi connectivity index (χ1v) is 13.4. The predicted octanol–water partition coefficient (Wildman–Crippen LogP) is 4.16. The molecule has 4 aromatic rings. The minimum atomic E-state index is -4.09. The summed E-state index contributed by atoms with van der Waals surface area (Å²) in [5.74, 6) is -1.71. The number of H-pyrrole nitrogens is 1. The molecule has 0 atom stereocenters. The fourth-order valence-corrected chi connectivity index (χ4v) is 5.79. The summed E-state index contributed by atoms with van der Waals surface area (Å²) < 4.78 is 58.3. The number of hydrogen-bond acceptors (Lipinski definition) is 6. The molecule has 0 radical (unpaired) electrons. The van der Waals surface area contributed by atoms with Crippen molar-refractivity contribution >= 4 is 32.7 Å². The van der Waals surface area contributed by atoms with Gasteiger partial charge in [-0.1, -0.05) is 0 Å². The van der Waals surface area contributed by atoms with E-state index in [2.05, 4.69) is 24.7 Å². The molecule has 3 aromatic heterocycles. The number of benzene rings is 1. The third-order valence-corrected chi connectivity index (χ3v) is 8.17. The second-order valence-electron chi connectivity index (χ2n) is 9.28. The molecular formula is C25H22F2N6O3S. The first-order valence-electron chi connectivity index (χ1n) is 11.9. The van der Waals surface area contributed by atoms with E-state index in [1.807, 2.05) is 0 Å². The van der Waals surface area contributed by atoms with Gasteiger partial charge in [-0.2, -0.15) is 12.7 Å². The Kier molecular flexibility index (Phi) is 5.72. The maximum absolute atomic E-state index is 15.4. The van der Waals surface area contributed by atoms with Gasteiger partial charge in [0.2, 0.25) is 0 Å². The number of nitrogens with zero attached hydrogens (tertiary/aromatic N) is 4. The molecule has 37 heavy (non-hydrogen) atoms. The van der Waals surface area contributed by atoms with Crippen molar-refractivity contribution in [3.05, 3.63) is 71.6 Å². The van der Waals surface area contributed by atoms with Crippen LogP contribution in [0, 0.1) is 11.6 Å². The number of carbonyl (C=O) groups excluding carboxylic acids is 1. The van der Waals surface area contributed by atoms with Gasteiger partial charge in [-0.25, -0.2) is 23.7 Å². The van der Waals surface area contributed by atoms with E-state index in [-0.39, 0.29) is 18.7 Å². The van der Waals surface area contributed by atoms with Crippen molar-refractivity contribution in [1.29, 1.82) is 0 Å². The highest BCUT2D eigenvalue weighted by Crippen LogP contribution is 2.38. The largest absolute Gasteiger partial charge is 0.345 e. The van der Waals surface area contributed by atoms with Crippen molar-refractivity contribution in [2.24, 2.45) is 0 Å². The Labute approximate surface area is 211 Å². The van der Waals surface area contributed by atoms with Gasteiger partial charge in [0.05, 0.1) is 11.3 Å². The van der Waals surface area contributed by atoms with Gasteiger partial charge in [-0.3, -0.25) is 9.52 Å². The van der Waals surface area contributed by atoms with Gasteiger partial charge in [0.25, 0.3) is 0 Å². The highest BCUT2D eigenvalue weighted by molar-refractivity contribution is 7.90. The Morgan fingerprint density at radius 1 is 0.973 bits per heavy atom. The summed E-state index contributed by atoms with van der Waals surface area (Å²) in [6.45, 7) is 0.578. The van der Waals surface area contributed by atoms with Crippen LogP contribution in [-0.2, 0) is 10.2 Å². The SMILES string of the molecule is O=C(c1cc(F)cc(NS(=O)(=O)N2CCCC2)c1F)c1c[nH]c2ncc(-c3cnc(C4CC4)nc3)cc12. The van der Waals surface area contributed by atoms with Crippen LogP contribution in [0.25, 0.3) is 22.2 Å². The van der Waals surface area contributed by atoms with Gasteiger partial charge < -0.3 is 4.98 Å². The number of aromatic amines is 1. The zero-order valence-electron chi connectivity index (χ0n) is 19.5. The molecule has 6 rings (SSSR count). The van der Waals surface area contributed by atoms with Crippen LogP contribution >= 0.6 is 0 Å². The number of aromatic nitrogens is 4. The number of ketones is 1. The van der Waals surface area contributed by atoms with Gasteiger partial charge >= 0.3 is 10.2 Å². The third kappa shape index (κ3) is 4.46. The van der Waals surface area contributed by atoms with Crippen LogP contribution in [-0.4, -0.2) is 51.5 Å². The Balaban J connectivity index is 1.34. The molecule has 0 amide bonds. The number of pyridine rings is 1. The monoisotopic (exact) mass is 524 g/mol. The molecule has 190 valence electrons. The smallest absolute Gasteiger partial charge is 0.301 e. The Bertz CT molecular complexity index is 1630. The highest BCUT2D eigenvalue weighted by atomic mass is 32.2. The summed E-state index contributed by atoms with van der Waals surface area (Å²) in [4.78, 5) is 29.4. The number of rotatable bonds is 7. The van der Waals surface area contributed by atoms with Crippen molar-refractivity contribution in [3.8, 4) is 11.1 Å². The van der Waals surface area contributed by atoms with Crippen LogP contribution in [0.15, 0.2) is 43.0 Å². The molecular weight excluding hydrogens is 502 g/mol. The average Bonchev–Trinajstić information content (AvgIpc) is 3.40. The quantitative estimate of drug-likeness (QED) is 0.350. The summed E-state index contributed by atoms with van der Waals surface area (Å²) in [6, 6.07) is 3.18. The molecule has 1 saturated carbocycles. The van der Waals surface area contributed by atoms with Crippen molar-refractivity contribution in [1.82, 2.24) is 24.2 Å². The van der Waals surface area contributed by atoms with E-state index < -0.39 is 38.9 Å². The van der Waals surface area contributed by atoms with E-state index in [9.17, 15) is 17.6 Å². The summed E-state index contributed by atoms with van der Waals surface area (Å²) in [6.07, 6.45) is 9.91. The summed E-state index contributed by atoms with van der Waals surface area (Å²) in [7, 11) is -4.09. The second-order valence-corrected chi connectivity index (χ2v) is 11.0. The van der Waals surface area contributed by atoms with E-state index in [4.69, 9.17) is 0 Å². The van der Waals surface area contributed by atoms with Crippen molar-refractivity contribution in [3.63, 3.8) is 0 Å². The van der Waals surface area contributed by atoms with E-state index in [0.717, 1.165) is 35.1 Å². The van der Waals surface area contributed by atoms with Crippen LogP contribution in [0.1, 0.15) is 53.3 Å². The van der Waals surface area contributed by atoms with E-state index in [0.29, 0.717) is 40.9 Å². The van der Waals surface area contributed by atoms with Gasteiger partial charge in [-0.05, 0) is 37.8 Å². The Morgan fingerprint density at radius 3 is 2.38 bits per heavy atom. The second kappa shape index (κ2) is 8.96. The van der Waals surface area contributed by atoms with E-state index >= 15 is 4.39 Å². The summed E-state index contributed by atoms with van der Waals surface area (Å²) in [5.41, 5.74) is 0.590. The minimum absolute atomic E-state index is 0.0673. The van der Waals surface area contributed by atoms with E-state index in [1.54, 1.807) is 24.7 Å². The topological polar surface area (TPSA) is 121 Å². The molecule has 1 aliphatic carbocycles. The molecule has 9 nitrogen and oxygen atoms in total. The van der Waals surface area contributed by atoms with Crippen molar-refractivity contribution < 1.29 is 22.0 Å². The summed E-state index contributed by atoms with van der Waals surface area (Å²) >= 11 is 0. The lowest BCUT2D eigenvalue weighted by atomic mass is 10.0. The number of anilines is 1. The molecule has 1 aliphatic heterocycles. The average molecular weight is 525 g/mol. The molecule has 4 heterocycles. The van der Waals surface area contributed by atoms with Crippen LogP contribution in [0.3, 0.4) is 0 Å². The molecule has 2 aliphatic rings. The zero-order valence-corrected chi connectivity index (χ0v) is 20.4. The predicted molar refractivity (Wildman–Crippen MR) is 132 cm³/mol. The lowest BCUT2D eigenvalue weighted by molar-refractivity contribution is 0.103. The maximum Gasteiger partial charge on any atom is 0.301 e. The first-order chi connectivity index (χ1) is 17.8. The molecule has 1 aromatic carbocycles. The molecule has 0 bridgehead atoms. The molecule has 0 spiro atoms. The van der Waals surface area contributed by atoms with Crippen LogP contribution in [0.4, 0.5) is 14.5 Å². The van der Waals surface area contributed by atoms with Crippen LogP contribution in [0.2, 0.25) is 0 Å². The third-order valence-electron chi connectivity index (χ3n) is 6.65. The lowest BCUT2D eigenvalue weighted by Gasteiger charge is -2.18. The van der Waals surface area contributed by atoms with Gasteiger partial charge in [0.15, 0.2) is 11.6 Å². The fourth-order valence-electron chi connectivity index (χ4n) is 4.49. The maximum atomic E-state index is 15.4. The number of hydrogen-bond donors (Lipinski definition) is 2. The van der Waals surface area contributed by atoms with Gasteiger partial charge in [-0.15, -0.1) is 0 Å². The fraction of sp³-hybridized carbons (Fsp3) is 0.280. The number of carbonyl (C=O) groups is 1. The van der Waals surface area contributed by atoms with E-state index in [1.165, 1.54) is 6.20 Å². The first kappa shape index (κ1) is 23.6. The van der Waals surface area contributed by atoms with Gasteiger partial charge in [0.1, 0.15) is 17.3 Å². The van der Waals surface area contributed by atoms with Gasteiger partial charge in [0, 0.05) is 71.9 Å². The highest BCUT2D eigenvalue weighted by Gasteiger charge is 2.29. The molecule has 0 unspecified atom stereocenters. The van der Waals surface area contributed by atoms with Crippen molar-refractivity contribution in [2.45, 2.75) is 31.6 Å².